The fourth-order valence-corrected chi connectivity index (χ4v) is 8.78. The summed E-state index contributed by atoms with van der Waals surface area (Å²) in [6.07, 6.45) is 15.3. The van der Waals surface area contributed by atoms with E-state index in [1.165, 1.54) is 57.8 Å². The maximum Gasteiger partial charge on any atom is 0.216 e. The van der Waals surface area contributed by atoms with Crippen molar-refractivity contribution in [3.63, 3.8) is 0 Å². The van der Waals surface area contributed by atoms with Gasteiger partial charge in [0.15, 0.2) is 0 Å². The van der Waals surface area contributed by atoms with Gasteiger partial charge in [0.05, 0.1) is 6.10 Å². The Bertz CT molecular complexity index is 733. The van der Waals surface area contributed by atoms with Crippen molar-refractivity contribution in [3.8, 4) is 0 Å². The van der Waals surface area contributed by atoms with Crippen LogP contribution in [0.5, 0.6) is 0 Å². The first-order chi connectivity index (χ1) is 16.9. The average molecular weight is 491 g/mol. The summed E-state index contributed by atoms with van der Waals surface area (Å²) in [5.41, 5.74) is 0.919. The Morgan fingerprint density at radius 2 is 1.54 bits per heavy atom. The van der Waals surface area contributed by atoms with Gasteiger partial charge in [0, 0.05) is 13.3 Å². The number of hydrogen-bond acceptors (Lipinski definition) is 4. The van der Waals surface area contributed by atoms with Gasteiger partial charge in [0.25, 0.3) is 0 Å². The molecule has 1 N–H and O–H groups in total. The summed E-state index contributed by atoms with van der Waals surface area (Å²) in [4.78, 5) is 0. The molecule has 35 heavy (non-hydrogen) atoms. The Labute approximate surface area is 217 Å². The first-order valence-electron chi connectivity index (χ1n) is 15.4. The van der Waals surface area contributed by atoms with Crippen LogP contribution in [0, 0.1) is 47.3 Å². The molecule has 0 saturated heterocycles. The molecule has 0 amide bonds. The summed E-state index contributed by atoms with van der Waals surface area (Å²) in [6.45, 7) is 19.0. The molecule has 1 aromatic rings. The molecule has 0 aromatic carbocycles. The third-order valence-corrected chi connectivity index (χ3v) is 10.3. The number of rotatable bonds is 4. The number of nitrogens with zero attached hydrogens (tertiary/aromatic N) is 2. The van der Waals surface area contributed by atoms with Gasteiger partial charge in [-0.05, 0) is 98.2 Å². The largest absolute Gasteiger partial charge is 0.426 e. The van der Waals surface area contributed by atoms with Gasteiger partial charge in [0.1, 0.15) is 0 Å². The van der Waals surface area contributed by atoms with Crippen molar-refractivity contribution in [3.05, 3.63) is 11.8 Å². The summed E-state index contributed by atoms with van der Waals surface area (Å²) in [7, 11) is 0. The van der Waals surface area contributed by atoms with E-state index >= 15 is 0 Å². The summed E-state index contributed by atoms with van der Waals surface area (Å²) < 4.78 is 5.57. The van der Waals surface area contributed by atoms with Crippen LogP contribution in [0.3, 0.4) is 0 Å². The Hall–Kier alpha value is -0.900. The van der Waals surface area contributed by atoms with Gasteiger partial charge in [-0.25, -0.2) is 0 Å². The van der Waals surface area contributed by atoms with Crippen LogP contribution in [0.25, 0.3) is 0 Å². The number of aromatic nitrogens is 2. The van der Waals surface area contributed by atoms with Gasteiger partial charge in [-0.3, -0.25) is 0 Å². The number of hydrogen-bond donors (Lipinski definition) is 1. The molecule has 1 aromatic heterocycles. The van der Waals surface area contributed by atoms with E-state index in [-0.39, 0.29) is 6.10 Å². The van der Waals surface area contributed by atoms with Gasteiger partial charge in [0.2, 0.25) is 11.8 Å². The third kappa shape index (κ3) is 5.99. The minimum absolute atomic E-state index is 0.0547. The summed E-state index contributed by atoms with van der Waals surface area (Å²) >= 11 is 0. The van der Waals surface area contributed by atoms with Crippen LogP contribution in [0.15, 0.2) is 4.42 Å². The first kappa shape index (κ1) is 30.3. The zero-order valence-corrected chi connectivity index (χ0v) is 24.7. The highest BCUT2D eigenvalue weighted by Gasteiger charge is 2.61. The Morgan fingerprint density at radius 3 is 2.20 bits per heavy atom. The SMILES string of the molecule is CC.CC.CC.Cc1nnc(CCCC2CCC3C4C(O)CC5CCCCC5(C)C4CCC23C)o1. The predicted octanol–water partition coefficient (Wildman–Crippen LogP) is 8.80. The highest BCUT2D eigenvalue weighted by Crippen LogP contribution is 2.67. The van der Waals surface area contributed by atoms with Crippen molar-refractivity contribution in [1.29, 1.82) is 0 Å². The Morgan fingerprint density at radius 1 is 0.857 bits per heavy atom. The Kier molecular flexibility index (Phi) is 11.8. The molecule has 1 heterocycles. The van der Waals surface area contributed by atoms with Crippen LogP contribution in [-0.2, 0) is 6.42 Å². The van der Waals surface area contributed by atoms with Gasteiger partial charge >= 0.3 is 0 Å². The van der Waals surface area contributed by atoms with E-state index in [1.54, 1.807) is 0 Å². The van der Waals surface area contributed by atoms with Crippen molar-refractivity contribution in [1.82, 2.24) is 10.2 Å². The van der Waals surface area contributed by atoms with Crippen molar-refractivity contribution >= 4 is 0 Å². The summed E-state index contributed by atoms with van der Waals surface area (Å²) in [6, 6.07) is 0. The molecule has 4 nitrogen and oxygen atoms in total. The van der Waals surface area contributed by atoms with E-state index in [0.29, 0.717) is 22.6 Å². The lowest BCUT2D eigenvalue weighted by Crippen LogP contribution is -2.57. The molecule has 4 saturated carbocycles. The van der Waals surface area contributed by atoms with E-state index in [0.717, 1.165) is 48.8 Å². The minimum Gasteiger partial charge on any atom is -0.426 e. The lowest BCUT2D eigenvalue weighted by atomic mass is 9.44. The average Bonchev–Trinajstić information content (AvgIpc) is 3.45. The molecule has 8 unspecified atom stereocenters. The molecule has 5 rings (SSSR count). The van der Waals surface area contributed by atoms with E-state index in [4.69, 9.17) is 4.42 Å². The number of fused-ring (bicyclic) bond motifs is 5. The third-order valence-electron chi connectivity index (χ3n) is 10.3. The standard InChI is InChI=1S/C25H40N2O2.3C2H6/c1-16-26-27-22(29-16)9-6-8-17-10-11-19-23-20(12-14-25(17,19)3)24(2)13-5-4-7-18(24)15-21(23)28;3*1-2/h17-21,23,28H,4-15H2,1-3H3;3*1-2H3. The second-order valence-electron chi connectivity index (χ2n) is 11.5. The second kappa shape index (κ2) is 13.6. The smallest absolute Gasteiger partial charge is 0.216 e. The van der Waals surface area contributed by atoms with Crippen LogP contribution in [0.2, 0.25) is 0 Å². The van der Waals surface area contributed by atoms with E-state index < -0.39 is 0 Å². The minimum atomic E-state index is -0.0547. The lowest BCUT2D eigenvalue weighted by Gasteiger charge is -2.62. The van der Waals surface area contributed by atoms with Crippen molar-refractivity contribution in [2.45, 2.75) is 145 Å². The van der Waals surface area contributed by atoms with Crippen LogP contribution in [-0.4, -0.2) is 21.4 Å². The van der Waals surface area contributed by atoms with Gasteiger partial charge < -0.3 is 9.52 Å². The van der Waals surface area contributed by atoms with E-state index in [1.807, 2.05) is 48.5 Å². The van der Waals surface area contributed by atoms with Crippen molar-refractivity contribution in [2.24, 2.45) is 40.4 Å². The van der Waals surface area contributed by atoms with E-state index in [2.05, 4.69) is 24.0 Å². The molecule has 4 heteroatoms. The van der Waals surface area contributed by atoms with Gasteiger partial charge in [-0.1, -0.05) is 68.2 Å². The molecular weight excluding hydrogens is 432 g/mol. The van der Waals surface area contributed by atoms with Crippen molar-refractivity contribution in [2.75, 3.05) is 0 Å². The van der Waals surface area contributed by atoms with Crippen LogP contribution >= 0.6 is 0 Å². The van der Waals surface area contributed by atoms with E-state index in [9.17, 15) is 5.11 Å². The maximum absolute atomic E-state index is 11.3. The number of aliphatic hydroxyl groups excluding tert-OH is 1. The quantitative estimate of drug-likeness (QED) is 0.458. The zero-order valence-electron chi connectivity index (χ0n) is 24.7. The first-order valence-corrected chi connectivity index (χ1v) is 15.4. The number of aliphatic hydroxyl groups is 1. The predicted molar refractivity (Wildman–Crippen MR) is 147 cm³/mol. The molecule has 4 fully saturated rings. The molecule has 0 aliphatic heterocycles. The lowest BCUT2D eigenvalue weighted by molar-refractivity contribution is -0.162. The van der Waals surface area contributed by atoms with Crippen LogP contribution in [0.1, 0.15) is 138 Å². The monoisotopic (exact) mass is 490 g/mol. The maximum atomic E-state index is 11.3. The van der Waals surface area contributed by atoms with Gasteiger partial charge in [-0.15, -0.1) is 10.2 Å². The van der Waals surface area contributed by atoms with Crippen LogP contribution in [0.4, 0.5) is 0 Å². The molecular formula is C31H58N2O2. The van der Waals surface area contributed by atoms with Gasteiger partial charge in [-0.2, -0.15) is 0 Å². The highest BCUT2D eigenvalue weighted by molar-refractivity contribution is 5.10. The molecule has 0 bridgehead atoms. The molecule has 0 radical (unpaired) electrons. The highest BCUT2D eigenvalue weighted by atomic mass is 16.4. The van der Waals surface area contributed by atoms with Crippen molar-refractivity contribution < 1.29 is 9.52 Å². The second-order valence-corrected chi connectivity index (χ2v) is 11.5. The molecule has 0 spiro atoms. The Balaban J connectivity index is 0.000000671. The molecule has 204 valence electrons. The molecule has 4 aliphatic rings. The summed E-state index contributed by atoms with van der Waals surface area (Å²) in [5.74, 6) is 5.07. The normalized spacial score (nSPS) is 39.3. The molecule has 4 aliphatic carbocycles. The fourth-order valence-electron chi connectivity index (χ4n) is 8.78. The fraction of sp³-hybridized carbons (Fsp3) is 0.935. The number of aryl methyl sites for hydroxylation is 2. The molecule has 8 atom stereocenters. The topological polar surface area (TPSA) is 59.2 Å². The zero-order chi connectivity index (χ0) is 26.2. The van der Waals surface area contributed by atoms with Crippen LogP contribution < -0.4 is 0 Å². The summed E-state index contributed by atoms with van der Waals surface area (Å²) in [5, 5.41) is 19.4.